The monoisotopic (exact) mass is 284 g/mol. The van der Waals surface area contributed by atoms with Gasteiger partial charge in [-0.25, -0.2) is 0 Å². The second-order valence-corrected chi connectivity index (χ2v) is 5.84. The fraction of sp³-hybridized carbons (Fsp3) is 0.867. The van der Waals surface area contributed by atoms with Crippen LogP contribution in [0.2, 0.25) is 0 Å². The van der Waals surface area contributed by atoms with Crippen LogP contribution in [0, 0.1) is 11.8 Å². The van der Waals surface area contributed by atoms with Crippen LogP contribution >= 0.6 is 0 Å². The maximum atomic E-state index is 12.2. The van der Waals surface area contributed by atoms with Gasteiger partial charge in [0, 0.05) is 25.9 Å². The molecule has 1 fully saturated rings. The summed E-state index contributed by atoms with van der Waals surface area (Å²) in [6, 6.07) is 0. The van der Waals surface area contributed by atoms with E-state index in [9.17, 15) is 9.59 Å². The van der Waals surface area contributed by atoms with E-state index in [1.54, 1.807) is 0 Å². The standard InChI is InChI=1S/C15H28N2O3/c1-2-12(7-8-16)5-6-14(18)17-9-3-4-13(11-17)10-15(19)20/h12-13H,2-11,16H2,1H3,(H,19,20). The van der Waals surface area contributed by atoms with Gasteiger partial charge in [0.1, 0.15) is 0 Å². The molecule has 1 rings (SSSR count). The summed E-state index contributed by atoms with van der Waals surface area (Å²) in [7, 11) is 0. The third-order valence-electron chi connectivity index (χ3n) is 4.25. The predicted molar refractivity (Wildman–Crippen MR) is 78.2 cm³/mol. The molecule has 3 N–H and O–H groups in total. The van der Waals surface area contributed by atoms with E-state index >= 15 is 0 Å². The van der Waals surface area contributed by atoms with Gasteiger partial charge in [-0.2, -0.15) is 0 Å². The van der Waals surface area contributed by atoms with Gasteiger partial charge in [-0.3, -0.25) is 9.59 Å². The summed E-state index contributed by atoms with van der Waals surface area (Å²) in [6.45, 7) is 4.20. The normalized spacial score (nSPS) is 20.7. The Morgan fingerprint density at radius 1 is 1.40 bits per heavy atom. The number of carboxylic acids is 1. The first-order valence-electron chi connectivity index (χ1n) is 7.76. The molecule has 1 aliphatic heterocycles. The van der Waals surface area contributed by atoms with Crippen LogP contribution in [-0.4, -0.2) is 41.5 Å². The van der Waals surface area contributed by atoms with E-state index in [0.29, 0.717) is 25.4 Å². The summed E-state index contributed by atoms with van der Waals surface area (Å²) in [6.07, 6.45) is 5.52. The Balaban J connectivity index is 2.36. The molecule has 0 saturated carbocycles. The van der Waals surface area contributed by atoms with Gasteiger partial charge in [-0.05, 0) is 44.1 Å². The van der Waals surface area contributed by atoms with Crippen LogP contribution in [0.1, 0.15) is 51.9 Å². The molecule has 116 valence electrons. The van der Waals surface area contributed by atoms with Crippen LogP contribution in [0.25, 0.3) is 0 Å². The van der Waals surface area contributed by atoms with Crippen LogP contribution in [0.15, 0.2) is 0 Å². The molecule has 20 heavy (non-hydrogen) atoms. The first-order chi connectivity index (χ1) is 9.56. The number of nitrogens with zero attached hydrogens (tertiary/aromatic N) is 1. The molecule has 0 aromatic rings. The van der Waals surface area contributed by atoms with Crippen LogP contribution in [0.4, 0.5) is 0 Å². The van der Waals surface area contributed by atoms with E-state index in [4.69, 9.17) is 10.8 Å². The molecular weight excluding hydrogens is 256 g/mol. The Hall–Kier alpha value is -1.10. The minimum atomic E-state index is -0.765. The van der Waals surface area contributed by atoms with Gasteiger partial charge < -0.3 is 15.7 Å². The van der Waals surface area contributed by atoms with Crippen molar-refractivity contribution in [2.75, 3.05) is 19.6 Å². The largest absolute Gasteiger partial charge is 0.481 e. The number of aliphatic carboxylic acids is 1. The number of hydrogen-bond acceptors (Lipinski definition) is 3. The van der Waals surface area contributed by atoms with Gasteiger partial charge >= 0.3 is 5.97 Å². The van der Waals surface area contributed by atoms with Crippen LogP contribution in [-0.2, 0) is 9.59 Å². The molecule has 1 aliphatic rings. The third-order valence-corrected chi connectivity index (χ3v) is 4.25. The van der Waals surface area contributed by atoms with Crippen LogP contribution in [0.5, 0.6) is 0 Å². The van der Waals surface area contributed by atoms with Crippen molar-refractivity contribution in [3.05, 3.63) is 0 Å². The Labute approximate surface area is 121 Å². The topological polar surface area (TPSA) is 83.6 Å². The van der Waals surface area contributed by atoms with Crippen molar-refractivity contribution >= 4 is 11.9 Å². The summed E-state index contributed by atoms with van der Waals surface area (Å²) in [5.74, 6) is 0.0635. The number of carbonyl (C=O) groups is 2. The number of amides is 1. The second kappa shape index (κ2) is 8.95. The third kappa shape index (κ3) is 5.90. The number of hydrogen-bond donors (Lipinski definition) is 2. The minimum absolute atomic E-state index is 0.121. The van der Waals surface area contributed by atoms with Crippen molar-refractivity contribution in [3.8, 4) is 0 Å². The molecule has 0 spiro atoms. The SMILES string of the molecule is CCC(CCN)CCC(=O)N1CCCC(CC(=O)O)C1. The predicted octanol–water partition coefficient (Wildman–Crippen LogP) is 1.85. The van der Waals surface area contributed by atoms with E-state index in [2.05, 4.69) is 6.92 Å². The summed E-state index contributed by atoms with van der Waals surface area (Å²) < 4.78 is 0. The zero-order chi connectivity index (χ0) is 15.0. The van der Waals surface area contributed by atoms with Gasteiger partial charge in [0.15, 0.2) is 0 Å². The number of rotatable bonds is 8. The Morgan fingerprint density at radius 2 is 2.15 bits per heavy atom. The Morgan fingerprint density at radius 3 is 2.75 bits per heavy atom. The molecule has 0 radical (unpaired) electrons. The molecule has 1 heterocycles. The summed E-state index contributed by atoms with van der Waals surface area (Å²) in [5.41, 5.74) is 5.57. The van der Waals surface area contributed by atoms with Crippen LogP contribution < -0.4 is 5.73 Å². The van der Waals surface area contributed by atoms with Gasteiger partial charge in [0.25, 0.3) is 0 Å². The van der Waals surface area contributed by atoms with E-state index in [1.807, 2.05) is 4.90 Å². The Bertz CT molecular complexity index is 320. The van der Waals surface area contributed by atoms with Crippen molar-refractivity contribution in [2.45, 2.75) is 51.9 Å². The first kappa shape index (κ1) is 17.0. The summed E-state index contributed by atoms with van der Waals surface area (Å²) in [4.78, 5) is 24.8. The highest BCUT2D eigenvalue weighted by molar-refractivity contribution is 5.76. The van der Waals surface area contributed by atoms with Crippen molar-refractivity contribution in [1.29, 1.82) is 0 Å². The van der Waals surface area contributed by atoms with Gasteiger partial charge in [0.05, 0.1) is 0 Å². The van der Waals surface area contributed by atoms with Gasteiger partial charge in [0.2, 0.25) is 5.91 Å². The molecule has 0 aromatic carbocycles. The van der Waals surface area contributed by atoms with E-state index < -0.39 is 5.97 Å². The highest BCUT2D eigenvalue weighted by Gasteiger charge is 2.25. The lowest BCUT2D eigenvalue weighted by atomic mass is 9.93. The molecule has 0 aliphatic carbocycles. The number of likely N-dealkylation sites (tertiary alicyclic amines) is 1. The molecule has 5 heteroatoms. The second-order valence-electron chi connectivity index (χ2n) is 5.84. The zero-order valence-corrected chi connectivity index (χ0v) is 12.5. The highest BCUT2D eigenvalue weighted by atomic mass is 16.4. The number of nitrogens with two attached hydrogens (primary N) is 1. The lowest BCUT2D eigenvalue weighted by molar-refractivity contribution is -0.140. The molecule has 0 bridgehead atoms. The maximum absolute atomic E-state index is 12.2. The number of piperidine rings is 1. The Kier molecular flexibility index (Phi) is 7.59. The summed E-state index contributed by atoms with van der Waals surface area (Å²) >= 11 is 0. The number of carboxylic acid groups (broad SMARTS) is 1. The van der Waals surface area contributed by atoms with Gasteiger partial charge in [-0.15, -0.1) is 0 Å². The van der Waals surface area contributed by atoms with E-state index in [-0.39, 0.29) is 18.2 Å². The zero-order valence-electron chi connectivity index (χ0n) is 12.5. The highest BCUT2D eigenvalue weighted by Crippen LogP contribution is 2.22. The average molecular weight is 284 g/mol. The molecule has 2 unspecified atom stereocenters. The first-order valence-corrected chi connectivity index (χ1v) is 7.76. The minimum Gasteiger partial charge on any atom is -0.481 e. The van der Waals surface area contributed by atoms with Crippen molar-refractivity contribution in [3.63, 3.8) is 0 Å². The number of carbonyl (C=O) groups excluding carboxylic acids is 1. The molecule has 1 amide bonds. The van der Waals surface area contributed by atoms with Crippen molar-refractivity contribution < 1.29 is 14.7 Å². The lowest BCUT2D eigenvalue weighted by Crippen LogP contribution is -2.40. The smallest absolute Gasteiger partial charge is 0.303 e. The lowest BCUT2D eigenvalue weighted by Gasteiger charge is -2.32. The molecule has 5 nitrogen and oxygen atoms in total. The molecule has 0 aromatic heterocycles. The molecule has 2 atom stereocenters. The van der Waals surface area contributed by atoms with Crippen LogP contribution in [0.3, 0.4) is 0 Å². The van der Waals surface area contributed by atoms with E-state index in [0.717, 1.165) is 38.6 Å². The molecular formula is C15H28N2O3. The van der Waals surface area contributed by atoms with Crippen molar-refractivity contribution in [2.24, 2.45) is 17.6 Å². The molecule has 1 saturated heterocycles. The fourth-order valence-electron chi connectivity index (χ4n) is 2.98. The summed E-state index contributed by atoms with van der Waals surface area (Å²) in [5, 5.41) is 8.84. The fourth-order valence-corrected chi connectivity index (χ4v) is 2.98. The van der Waals surface area contributed by atoms with Gasteiger partial charge in [-0.1, -0.05) is 13.3 Å². The maximum Gasteiger partial charge on any atom is 0.303 e. The van der Waals surface area contributed by atoms with Crippen molar-refractivity contribution in [1.82, 2.24) is 4.90 Å². The van der Waals surface area contributed by atoms with E-state index in [1.165, 1.54) is 0 Å². The quantitative estimate of drug-likeness (QED) is 0.712. The average Bonchev–Trinajstić information content (AvgIpc) is 2.42.